The molecule has 134 valence electrons. The summed E-state index contributed by atoms with van der Waals surface area (Å²) in [4.78, 5) is 16.1. The van der Waals surface area contributed by atoms with Gasteiger partial charge in [0.15, 0.2) is 0 Å². The minimum atomic E-state index is -3.93. The molecular formula is C15H21F2N3O3S. The predicted octanol–water partition coefficient (Wildman–Crippen LogP) is 1.12. The van der Waals surface area contributed by atoms with Crippen molar-refractivity contribution in [2.24, 2.45) is 5.92 Å². The lowest BCUT2D eigenvalue weighted by Crippen LogP contribution is -2.49. The Bertz CT molecular complexity index is 704. The number of hydrogen-bond acceptors (Lipinski definition) is 4. The van der Waals surface area contributed by atoms with Crippen molar-refractivity contribution in [1.82, 2.24) is 9.80 Å². The number of carbonyl (C=O) groups is 1. The molecule has 1 aliphatic heterocycles. The van der Waals surface area contributed by atoms with Gasteiger partial charge in [-0.3, -0.25) is 9.52 Å². The van der Waals surface area contributed by atoms with E-state index in [1.807, 2.05) is 7.05 Å². The molecule has 0 saturated carbocycles. The van der Waals surface area contributed by atoms with Crippen molar-refractivity contribution in [2.45, 2.75) is 6.92 Å². The number of amides is 1. The molecule has 2 rings (SSSR count). The number of sulfonamides is 1. The van der Waals surface area contributed by atoms with Gasteiger partial charge in [0.25, 0.3) is 0 Å². The number of likely N-dealkylation sites (N-methyl/N-ethyl adjacent to an activating group) is 1. The molecule has 0 radical (unpaired) electrons. The van der Waals surface area contributed by atoms with Crippen LogP contribution in [0, 0.1) is 17.6 Å². The molecule has 1 N–H and O–H groups in total. The van der Waals surface area contributed by atoms with Crippen LogP contribution >= 0.6 is 0 Å². The standard InChI is InChI=1S/C15H21F2N3O3S/c1-11(15(21)20-7-5-19(2)6-8-20)10-24(22,23)18-14-4-3-12(16)9-13(14)17/h3-4,9,11,18H,5-8,10H2,1-2H3. The minimum Gasteiger partial charge on any atom is -0.340 e. The quantitative estimate of drug-likeness (QED) is 0.853. The van der Waals surface area contributed by atoms with Crippen LogP contribution in [-0.2, 0) is 14.8 Å². The first-order chi connectivity index (χ1) is 11.2. The zero-order valence-corrected chi connectivity index (χ0v) is 14.4. The van der Waals surface area contributed by atoms with E-state index in [0.717, 1.165) is 25.2 Å². The number of benzene rings is 1. The Kier molecular flexibility index (Phi) is 5.76. The van der Waals surface area contributed by atoms with Crippen molar-refractivity contribution < 1.29 is 22.0 Å². The van der Waals surface area contributed by atoms with Crippen LogP contribution in [0.15, 0.2) is 18.2 Å². The molecule has 1 atom stereocenters. The molecule has 1 saturated heterocycles. The summed E-state index contributed by atoms with van der Waals surface area (Å²) < 4.78 is 52.8. The highest BCUT2D eigenvalue weighted by molar-refractivity contribution is 7.92. The number of halogens is 2. The maximum Gasteiger partial charge on any atom is 0.233 e. The molecule has 1 fully saturated rings. The average molecular weight is 361 g/mol. The summed E-state index contributed by atoms with van der Waals surface area (Å²) in [5.41, 5.74) is -0.337. The van der Waals surface area contributed by atoms with E-state index in [4.69, 9.17) is 0 Å². The number of anilines is 1. The lowest BCUT2D eigenvalue weighted by molar-refractivity contribution is -0.135. The molecule has 1 aromatic carbocycles. The molecule has 0 aromatic heterocycles. The van der Waals surface area contributed by atoms with Gasteiger partial charge in [-0.1, -0.05) is 6.92 Å². The van der Waals surface area contributed by atoms with Crippen LogP contribution < -0.4 is 4.72 Å². The topological polar surface area (TPSA) is 69.7 Å². The van der Waals surface area contributed by atoms with Gasteiger partial charge < -0.3 is 9.80 Å². The van der Waals surface area contributed by atoms with Crippen molar-refractivity contribution >= 4 is 21.6 Å². The Hall–Kier alpha value is -1.74. The van der Waals surface area contributed by atoms with Gasteiger partial charge in [0.2, 0.25) is 15.9 Å². The molecule has 6 nitrogen and oxygen atoms in total. The molecule has 9 heteroatoms. The number of piperazine rings is 1. The fourth-order valence-electron chi connectivity index (χ4n) is 2.52. The molecule has 1 aliphatic rings. The van der Waals surface area contributed by atoms with E-state index in [0.29, 0.717) is 19.2 Å². The van der Waals surface area contributed by atoms with E-state index < -0.39 is 33.3 Å². The summed E-state index contributed by atoms with van der Waals surface area (Å²) in [6, 6.07) is 2.56. The fraction of sp³-hybridized carbons (Fsp3) is 0.533. The first-order valence-electron chi connectivity index (χ1n) is 7.61. The summed E-state index contributed by atoms with van der Waals surface area (Å²) >= 11 is 0. The SMILES string of the molecule is CC(CS(=O)(=O)Nc1ccc(F)cc1F)C(=O)N1CCN(C)CC1. The zero-order valence-electron chi connectivity index (χ0n) is 13.6. The Morgan fingerprint density at radius 3 is 2.46 bits per heavy atom. The monoisotopic (exact) mass is 361 g/mol. The van der Waals surface area contributed by atoms with E-state index in [-0.39, 0.29) is 11.6 Å². The lowest BCUT2D eigenvalue weighted by atomic mass is 10.1. The molecular weight excluding hydrogens is 340 g/mol. The van der Waals surface area contributed by atoms with Crippen LogP contribution in [0.5, 0.6) is 0 Å². The van der Waals surface area contributed by atoms with Gasteiger partial charge in [0, 0.05) is 32.2 Å². The van der Waals surface area contributed by atoms with Crippen molar-refractivity contribution in [3.63, 3.8) is 0 Å². The van der Waals surface area contributed by atoms with Crippen LogP contribution in [0.3, 0.4) is 0 Å². The maximum absolute atomic E-state index is 13.6. The number of carbonyl (C=O) groups excluding carboxylic acids is 1. The van der Waals surface area contributed by atoms with Crippen molar-refractivity contribution in [3.05, 3.63) is 29.8 Å². The molecule has 0 aliphatic carbocycles. The Morgan fingerprint density at radius 1 is 1.25 bits per heavy atom. The third-order valence-electron chi connectivity index (χ3n) is 3.90. The van der Waals surface area contributed by atoms with Crippen LogP contribution in [0.4, 0.5) is 14.5 Å². The highest BCUT2D eigenvalue weighted by Crippen LogP contribution is 2.18. The summed E-state index contributed by atoms with van der Waals surface area (Å²) in [5.74, 6) is -3.26. The molecule has 1 amide bonds. The minimum absolute atomic E-state index is 0.243. The zero-order chi connectivity index (χ0) is 17.9. The van der Waals surface area contributed by atoms with E-state index in [1.165, 1.54) is 6.92 Å². The van der Waals surface area contributed by atoms with Crippen LogP contribution in [-0.4, -0.2) is 63.1 Å². The highest BCUT2D eigenvalue weighted by Gasteiger charge is 2.28. The Labute approximate surface area is 140 Å². The highest BCUT2D eigenvalue weighted by atomic mass is 32.2. The Balaban J connectivity index is 1.98. The van der Waals surface area contributed by atoms with Gasteiger partial charge in [0.1, 0.15) is 11.6 Å². The first kappa shape index (κ1) is 18.6. The van der Waals surface area contributed by atoms with Gasteiger partial charge in [-0.15, -0.1) is 0 Å². The summed E-state index contributed by atoms with van der Waals surface area (Å²) in [6.07, 6.45) is 0. The lowest BCUT2D eigenvalue weighted by Gasteiger charge is -2.34. The third-order valence-corrected chi connectivity index (χ3v) is 5.37. The third kappa shape index (κ3) is 4.88. The summed E-state index contributed by atoms with van der Waals surface area (Å²) in [6.45, 7) is 4.12. The van der Waals surface area contributed by atoms with Gasteiger partial charge >= 0.3 is 0 Å². The maximum atomic E-state index is 13.6. The first-order valence-corrected chi connectivity index (χ1v) is 9.26. The van der Waals surface area contributed by atoms with E-state index in [1.54, 1.807) is 4.90 Å². The predicted molar refractivity (Wildman–Crippen MR) is 87.0 cm³/mol. The van der Waals surface area contributed by atoms with Crippen LogP contribution in [0.1, 0.15) is 6.92 Å². The summed E-state index contributed by atoms with van der Waals surface area (Å²) in [5, 5.41) is 0. The van der Waals surface area contributed by atoms with Crippen LogP contribution in [0.25, 0.3) is 0 Å². The molecule has 0 bridgehead atoms. The second kappa shape index (κ2) is 7.43. The number of nitrogens with one attached hydrogen (secondary N) is 1. The summed E-state index contributed by atoms with van der Waals surface area (Å²) in [7, 11) is -1.98. The van der Waals surface area contributed by atoms with Gasteiger partial charge in [0.05, 0.1) is 17.4 Å². The second-order valence-electron chi connectivity index (χ2n) is 6.04. The van der Waals surface area contributed by atoms with Crippen molar-refractivity contribution in [3.8, 4) is 0 Å². The van der Waals surface area contributed by atoms with Gasteiger partial charge in [-0.25, -0.2) is 17.2 Å². The van der Waals surface area contributed by atoms with Crippen molar-refractivity contribution in [1.29, 1.82) is 0 Å². The molecule has 1 unspecified atom stereocenters. The van der Waals surface area contributed by atoms with Gasteiger partial charge in [-0.2, -0.15) is 0 Å². The molecule has 0 spiro atoms. The fourth-order valence-corrected chi connectivity index (χ4v) is 3.91. The van der Waals surface area contributed by atoms with Crippen LogP contribution in [0.2, 0.25) is 0 Å². The Morgan fingerprint density at radius 2 is 1.88 bits per heavy atom. The number of hydrogen-bond donors (Lipinski definition) is 1. The van der Waals surface area contributed by atoms with E-state index in [9.17, 15) is 22.0 Å². The van der Waals surface area contributed by atoms with Crippen molar-refractivity contribution in [2.75, 3.05) is 43.7 Å². The number of nitrogens with zero attached hydrogens (tertiary/aromatic N) is 2. The average Bonchev–Trinajstić information content (AvgIpc) is 2.49. The second-order valence-corrected chi connectivity index (χ2v) is 7.80. The normalized spacial score (nSPS) is 17.6. The van der Waals surface area contributed by atoms with Gasteiger partial charge in [-0.05, 0) is 19.2 Å². The molecule has 1 aromatic rings. The smallest absolute Gasteiger partial charge is 0.233 e. The number of rotatable bonds is 5. The molecule has 24 heavy (non-hydrogen) atoms. The molecule has 1 heterocycles. The van der Waals surface area contributed by atoms with E-state index >= 15 is 0 Å². The largest absolute Gasteiger partial charge is 0.340 e. The van der Waals surface area contributed by atoms with E-state index in [2.05, 4.69) is 9.62 Å².